The Morgan fingerprint density at radius 3 is 2.54 bits per heavy atom. The maximum absolute atomic E-state index is 16.8. The van der Waals surface area contributed by atoms with Gasteiger partial charge in [0.2, 0.25) is 11.8 Å². The lowest BCUT2D eigenvalue weighted by molar-refractivity contribution is -0.128. The molecule has 0 spiro atoms. The second-order valence-electron chi connectivity index (χ2n) is 11.6. The van der Waals surface area contributed by atoms with Crippen molar-refractivity contribution in [2.45, 2.75) is 45.7 Å². The Balaban J connectivity index is 1.82. The number of phenols is 1. The molecule has 46 heavy (non-hydrogen) atoms. The first-order valence-corrected chi connectivity index (χ1v) is 14.8. The summed E-state index contributed by atoms with van der Waals surface area (Å²) in [6, 6.07) is 1.41. The first-order chi connectivity index (χ1) is 21.8. The number of rotatable bonds is 4. The highest BCUT2D eigenvalue weighted by molar-refractivity contribution is 6.39. The zero-order valence-electron chi connectivity index (χ0n) is 25.2. The summed E-state index contributed by atoms with van der Waals surface area (Å²) in [5.41, 5.74) is -1.95. The molecule has 1 saturated heterocycles. The monoisotopic (exact) mass is 652 g/mol. The Kier molecular flexibility index (Phi) is 7.54. The van der Waals surface area contributed by atoms with Gasteiger partial charge in [-0.3, -0.25) is 19.1 Å². The lowest BCUT2D eigenvalue weighted by Crippen LogP contribution is -2.62. The first kappa shape index (κ1) is 31.1. The molecule has 0 bridgehead atoms. The summed E-state index contributed by atoms with van der Waals surface area (Å²) in [5.74, 6) is -6.64. The molecule has 10 nitrogen and oxygen atoms in total. The van der Waals surface area contributed by atoms with Gasteiger partial charge in [-0.25, -0.2) is 18.0 Å². The fraction of sp³-hybridized carbons (Fsp3) is 0.281. The minimum Gasteiger partial charge on any atom is -0.507 e. The number of nitrogens with zero attached hydrogens (tertiary/aromatic N) is 5. The smallest absolute Gasteiger partial charge is 0.354 e. The number of piperazine rings is 1. The third kappa shape index (κ3) is 4.51. The number of aryl methyl sites for hydroxylation is 1. The molecule has 2 amide bonds. The summed E-state index contributed by atoms with van der Waals surface area (Å²) in [6.45, 7) is 10.6. The summed E-state index contributed by atoms with van der Waals surface area (Å²) in [4.78, 5) is 52.4. The molecule has 2 N–H and O–H groups in total. The van der Waals surface area contributed by atoms with Crippen molar-refractivity contribution in [1.82, 2.24) is 19.4 Å². The highest BCUT2D eigenvalue weighted by Gasteiger charge is 2.44. The summed E-state index contributed by atoms with van der Waals surface area (Å²) >= 11 is 6.96. The van der Waals surface area contributed by atoms with Crippen molar-refractivity contribution in [2.24, 2.45) is 0 Å². The second-order valence-corrected chi connectivity index (χ2v) is 12.0. The van der Waals surface area contributed by atoms with E-state index in [1.165, 1.54) is 9.80 Å². The Hall–Kier alpha value is -4.91. The van der Waals surface area contributed by atoms with Crippen LogP contribution >= 0.6 is 11.6 Å². The fourth-order valence-electron chi connectivity index (χ4n) is 6.36. The predicted molar refractivity (Wildman–Crippen MR) is 167 cm³/mol. The third-order valence-corrected chi connectivity index (χ3v) is 8.78. The zero-order valence-corrected chi connectivity index (χ0v) is 25.9. The van der Waals surface area contributed by atoms with Gasteiger partial charge in [-0.1, -0.05) is 32.0 Å². The number of fused-ring (bicyclic) bond motifs is 2. The molecule has 2 atom stereocenters. The van der Waals surface area contributed by atoms with E-state index in [0.29, 0.717) is 17.3 Å². The molecule has 0 saturated carbocycles. The number of nitrogens with one attached hydrogen (secondary N) is 1. The number of anilines is 2. The fourth-order valence-corrected chi connectivity index (χ4v) is 6.71. The van der Waals surface area contributed by atoms with Crippen molar-refractivity contribution in [3.8, 4) is 22.6 Å². The van der Waals surface area contributed by atoms with Crippen LogP contribution in [0.25, 0.3) is 27.7 Å². The minimum atomic E-state index is -1.60. The van der Waals surface area contributed by atoms with Gasteiger partial charge >= 0.3 is 5.69 Å². The molecule has 4 heterocycles. The largest absolute Gasteiger partial charge is 0.507 e. The number of hydrogen-bond acceptors (Lipinski definition) is 7. The van der Waals surface area contributed by atoms with Crippen LogP contribution in [0.1, 0.15) is 37.9 Å². The van der Waals surface area contributed by atoms with E-state index in [2.05, 4.69) is 21.9 Å². The zero-order chi connectivity index (χ0) is 33.4. The van der Waals surface area contributed by atoms with Gasteiger partial charge in [-0.05, 0) is 49.6 Å². The molecule has 2 aromatic heterocycles. The SMILES string of the molecule is C=CC(=O)N1CC(C)N2c3nc(=O)n(-c4c(C)ccnc4C(C)C)c4c(Cl)c(-c5c(O)ccc(F)c5F)c(F)c(c34)NC(=O)C2C1. The van der Waals surface area contributed by atoms with Crippen molar-refractivity contribution >= 4 is 45.8 Å². The number of pyridine rings is 1. The standard InChI is InChI=1S/C32H28ClF3N6O4/c1-6-19(44)40-11-15(5)41-17(12-40)31(45)38-27-22-29(23(33)21(25(27)36)20-18(43)8-7-16(34)24(20)35)42(32(46)39-30(22)41)28-14(4)9-10-37-26(28)13(2)3/h6-10,13,15,17,43H,1,11-12H2,2-5H3,(H,38,45). The first-order valence-electron chi connectivity index (χ1n) is 14.4. The van der Waals surface area contributed by atoms with E-state index in [9.17, 15) is 23.9 Å². The van der Waals surface area contributed by atoms with E-state index in [4.69, 9.17) is 11.6 Å². The number of halogens is 4. The van der Waals surface area contributed by atoms with Crippen molar-refractivity contribution in [2.75, 3.05) is 23.3 Å². The Bertz CT molecular complexity index is 2070. The van der Waals surface area contributed by atoms with E-state index in [1.807, 2.05) is 13.8 Å². The van der Waals surface area contributed by atoms with Crippen LogP contribution in [0.2, 0.25) is 5.02 Å². The minimum absolute atomic E-state index is 0.0914. The van der Waals surface area contributed by atoms with Crippen LogP contribution in [0, 0.1) is 24.4 Å². The molecule has 6 rings (SSSR count). The van der Waals surface area contributed by atoms with Crippen molar-refractivity contribution in [3.05, 3.63) is 81.3 Å². The number of benzene rings is 2. The summed E-state index contributed by atoms with van der Waals surface area (Å²) in [6.07, 6.45) is 2.67. The van der Waals surface area contributed by atoms with Gasteiger partial charge in [0.05, 0.1) is 45.1 Å². The van der Waals surface area contributed by atoms with Crippen molar-refractivity contribution in [1.29, 1.82) is 0 Å². The van der Waals surface area contributed by atoms with Crippen molar-refractivity contribution in [3.63, 3.8) is 0 Å². The third-order valence-electron chi connectivity index (χ3n) is 8.41. The van der Waals surface area contributed by atoms with Gasteiger partial charge in [-0.2, -0.15) is 4.98 Å². The van der Waals surface area contributed by atoms with Crippen LogP contribution in [-0.4, -0.2) is 61.5 Å². The molecule has 2 unspecified atom stereocenters. The average Bonchev–Trinajstić information content (AvgIpc) is 3.13. The van der Waals surface area contributed by atoms with Gasteiger partial charge in [0.15, 0.2) is 17.5 Å². The molecular weight excluding hydrogens is 625 g/mol. The molecule has 4 aromatic rings. The van der Waals surface area contributed by atoms with Gasteiger partial charge in [-0.15, -0.1) is 0 Å². The molecule has 238 valence electrons. The quantitative estimate of drug-likeness (QED) is 0.291. The van der Waals surface area contributed by atoms with E-state index >= 15 is 8.78 Å². The number of aromatic nitrogens is 3. The Morgan fingerprint density at radius 1 is 1.15 bits per heavy atom. The lowest BCUT2D eigenvalue weighted by atomic mass is 9.98. The molecule has 14 heteroatoms. The molecule has 0 aliphatic carbocycles. The maximum Gasteiger partial charge on any atom is 0.354 e. The molecule has 2 aliphatic rings. The topological polar surface area (TPSA) is 121 Å². The van der Waals surface area contributed by atoms with E-state index < -0.39 is 74.6 Å². The van der Waals surface area contributed by atoms with E-state index in [0.717, 1.165) is 16.7 Å². The van der Waals surface area contributed by atoms with Crippen LogP contribution in [0.15, 0.2) is 41.8 Å². The molecular formula is C32H28ClF3N6O4. The van der Waals surface area contributed by atoms with Crippen LogP contribution in [-0.2, 0) is 9.59 Å². The Labute approximate surface area is 265 Å². The van der Waals surface area contributed by atoms with Gasteiger partial charge in [0, 0.05) is 24.3 Å². The number of carbonyl (C=O) groups is 2. The van der Waals surface area contributed by atoms with Crippen LogP contribution in [0.4, 0.5) is 24.7 Å². The summed E-state index contributed by atoms with van der Waals surface area (Å²) in [5, 5.41) is 12.6. The molecule has 2 aliphatic heterocycles. The van der Waals surface area contributed by atoms with E-state index in [1.54, 1.807) is 26.1 Å². The summed E-state index contributed by atoms with van der Waals surface area (Å²) < 4.78 is 47.9. The number of carbonyl (C=O) groups excluding carboxylic acids is 2. The van der Waals surface area contributed by atoms with Gasteiger partial charge in [0.25, 0.3) is 0 Å². The summed E-state index contributed by atoms with van der Waals surface area (Å²) in [7, 11) is 0. The predicted octanol–water partition coefficient (Wildman–Crippen LogP) is 5.20. The van der Waals surface area contributed by atoms with E-state index in [-0.39, 0.29) is 41.4 Å². The Morgan fingerprint density at radius 2 is 1.87 bits per heavy atom. The highest BCUT2D eigenvalue weighted by atomic mass is 35.5. The number of hydrogen-bond donors (Lipinski definition) is 2. The number of aromatic hydroxyl groups is 1. The van der Waals surface area contributed by atoms with Crippen LogP contribution < -0.4 is 15.9 Å². The molecule has 0 radical (unpaired) electrons. The van der Waals surface area contributed by atoms with Gasteiger partial charge < -0.3 is 20.2 Å². The molecule has 2 aromatic carbocycles. The van der Waals surface area contributed by atoms with Crippen LogP contribution in [0.3, 0.4) is 0 Å². The normalized spacial score (nSPS) is 17.6. The van der Waals surface area contributed by atoms with Crippen LogP contribution in [0.5, 0.6) is 5.75 Å². The highest BCUT2D eigenvalue weighted by Crippen LogP contribution is 2.49. The average molecular weight is 653 g/mol. The lowest BCUT2D eigenvalue weighted by Gasteiger charge is -2.44. The molecule has 1 fully saturated rings. The maximum atomic E-state index is 16.8. The number of amides is 2. The second kappa shape index (κ2) is 11.2. The van der Waals surface area contributed by atoms with Gasteiger partial charge in [0.1, 0.15) is 17.6 Å². The number of phenolic OH excluding ortho intramolecular Hbond substituents is 1. The van der Waals surface area contributed by atoms with Crippen molar-refractivity contribution < 1.29 is 27.9 Å².